The average Bonchev–Trinajstić information content (AvgIpc) is 3.45. The van der Waals surface area contributed by atoms with Gasteiger partial charge in [-0.15, -0.1) is 0 Å². The lowest BCUT2D eigenvalue weighted by molar-refractivity contribution is -0.273. The van der Waals surface area contributed by atoms with Gasteiger partial charge in [0.2, 0.25) is 0 Å². The molecule has 2 unspecified atom stereocenters. The normalized spacial score (nSPS) is 18.4. The van der Waals surface area contributed by atoms with Gasteiger partial charge in [-0.1, -0.05) is 78.3 Å². The number of hydrogen-bond donors (Lipinski definition) is 1. The zero-order valence-corrected chi connectivity index (χ0v) is 19.5. The highest BCUT2D eigenvalue weighted by molar-refractivity contribution is 5.36. The molecule has 3 nitrogen and oxygen atoms in total. The first-order valence-electron chi connectivity index (χ1n) is 11.4. The Morgan fingerprint density at radius 3 is 2.13 bits per heavy atom. The Morgan fingerprint density at radius 2 is 1.60 bits per heavy atom. The first-order chi connectivity index (χ1) is 14.1. The van der Waals surface area contributed by atoms with Gasteiger partial charge in [-0.05, 0) is 65.3 Å². The predicted octanol–water partition coefficient (Wildman–Crippen LogP) is 6.87. The second kappa shape index (κ2) is 8.63. The number of ether oxygens (including phenoxy) is 2. The Hall–Kier alpha value is -2.00. The van der Waals surface area contributed by atoms with Crippen LogP contribution in [-0.4, -0.2) is 11.1 Å². The highest BCUT2D eigenvalue weighted by Gasteiger charge is 2.39. The number of rotatable bonds is 9. The van der Waals surface area contributed by atoms with Crippen molar-refractivity contribution in [3.05, 3.63) is 59.7 Å². The maximum absolute atomic E-state index is 11.1. The molecule has 2 atom stereocenters. The summed E-state index contributed by atoms with van der Waals surface area (Å²) in [5.74, 6) is 0.122. The fraction of sp³-hybridized carbons (Fsp3) is 0.556. The smallest absolute Gasteiger partial charge is 0.368 e. The van der Waals surface area contributed by atoms with E-state index in [0.29, 0.717) is 29.3 Å². The van der Waals surface area contributed by atoms with E-state index in [-0.39, 0.29) is 5.41 Å². The first-order valence-corrected chi connectivity index (χ1v) is 11.4. The number of aliphatic hydroxyl groups is 1. The van der Waals surface area contributed by atoms with Crippen LogP contribution < -0.4 is 9.47 Å². The summed E-state index contributed by atoms with van der Waals surface area (Å²) in [6, 6.07) is 16.0. The fourth-order valence-electron chi connectivity index (χ4n) is 4.02. The van der Waals surface area contributed by atoms with Gasteiger partial charge in [0.25, 0.3) is 0 Å². The minimum Gasteiger partial charge on any atom is -0.430 e. The first kappa shape index (κ1) is 22.7. The largest absolute Gasteiger partial charge is 0.430 e. The van der Waals surface area contributed by atoms with Crippen molar-refractivity contribution in [3.63, 3.8) is 0 Å². The van der Waals surface area contributed by atoms with E-state index in [1.54, 1.807) is 0 Å². The monoisotopic (exact) mass is 410 g/mol. The average molecular weight is 411 g/mol. The van der Waals surface area contributed by atoms with Crippen molar-refractivity contribution in [3.8, 4) is 11.5 Å². The Bertz CT molecular complexity index is 830. The lowest BCUT2D eigenvalue weighted by Crippen LogP contribution is -2.42. The molecule has 0 spiro atoms. The second-order valence-electron chi connectivity index (χ2n) is 10.1. The molecule has 3 rings (SSSR count). The van der Waals surface area contributed by atoms with Crippen LogP contribution in [0.3, 0.4) is 0 Å². The summed E-state index contributed by atoms with van der Waals surface area (Å²) >= 11 is 0. The van der Waals surface area contributed by atoms with Crippen LogP contribution in [0.25, 0.3) is 0 Å². The van der Waals surface area contributed by atoms with Gasteiger partial charge in [-0.2, -0.15) is 0 Å². The third-order valence-corrected chi connectivity index (χ3v) is 6.70. The molecule has 0 bridgehead atoms. The van der Waals surface area contributed by atoms with Gasteiger partial charge >= 0.3 is 5.97 Å². The Kier molecular flexibility index (Phi) is 6.52. The molecule has 0 radical (unpaired) electrons. The Labute approximate surface area is 182 Å². The maximum atomic E-state index is 11.1. The van der Waals surface area contributed by atoms with E-state index in [2.05, 4.69) is 52.8 Å². The van der Waals surface area contributed by atoms with Crippen molar-refractivity contribution in [2.24, 2.45) is 11.3 Å². The Balaban J connectivity index is 1.76. The maximum Gasteiger partial charge on any atom is 0.368 e. The molecule has 1 saturated carbocycles. The van der Waals surface area contributed by atoms with E-state index in [1.165, 1.54) is 18.4 Å². The fourth-order valence-corrected chi connectivity index (χ4v) is 4.02. The topological polar surface area (TPSA) is 38.7 Å². The van der Waals surface area contributed by atoms with E-state index in [4.69, 9.17) is 9.47 Å². The molecule has 2 aromatic rings. The predicted molar refractivity (Wildman–Crippen MR) is 123 cm³/mol. The summed E-state index contributed by atoms with van der Waals surface area (Å²) in [5, 5.41) is 11.1. The molecule has 3 heteroatoms. The summed E-state index contributed by atoms with van der Waals surface area (Å²) in [7, 11) is 0. The van der Waals surface area contributed by atoms with Crippen molar-refractivity contribution in [2.75, 3.05) is 0 Å². The summed E-state index contributed by atoms with van der Waals surface area (Å²) in [4.78, 5) is 0. The van der Waals surface area contributed by atoms with Gasteiger partial charge in [0, 0.05) is 0 Å². The highest BCUT2D eigenvalue weighted by atomic mass is 16.8. The number of hydrogen-bond acceptors (Lipinski definition) is 3. The zero-order valence-electron chi connectivity index (χ0n) is 19.5. The molecule has 0 heterocycles. The molecule has 0 saturated heterocycles. The van der Waals surface area contributed by atoms with E-state index >= 15 is 0 Å². The molecular formula is C27H38O3. The third-order valence-electron chi connectivity index (χ3n) is 6.70. The second-order valence-corrected chi connectivity index (χ2v) is 10.1. The molecule has 0 aromatic heterocycles. The van der Waals surface area contributed by atoms with Crippen LogP contribution in [0.4, 0.5) is 0 Å². The van der Waals surface area contributed by atoms with Crippen molar-refractivity contribution < 1.29 is 14.6 Å². The van der Waals surface area contributed by atoms with E-state index in [0.717, 1.165) is 18.4 Å². The molecule has 30 heavy (non-hydrogen) atoms. The lowest BCUT2D eigenvalue weighted by atomic mass is 9.76. The molecule has 1 N–H and O–H groups in total. The van der Waals surface area contributed by atoms with Crippen molar-refractivity contribution in [1.82, 2.24) is 0 Å². The van der Waals surface area contributed by atoms with Gasteiger partial charge in [0.1, 0.15) is 11.5 Å². The lowest BCUT2D eigenvalue weighted by Gasteiger charge is -2.32. The van der Waals surface area contributed by atoms with Gasteiger partial charge in [-0.3, -0.25) is 0 Å². The summed E-state index contributed by atoms with van der Waals surface area (Å²) in [6.07, 6.45) is 4.79. The van der Waals surface area contributed by atoms with Crippen LogP contribution in [-0.2, 0) is 11.8 Å². The van der Waals surface area contributed by atoms with E-state index in [1.807, 2.05) is 37.3 Å². The Morgan fingerprint density at radius 1 is 0.967 bits per heavy atom. The molecule has 164 valence electrons. The minimum atomic E-state index is -1.70. The third kappa shape index (κ3) is 5.37. The summed E-state index contributed by atoms with van der Waals surface area (Å²) in [6.45, 7) is 13.2. The van der Waals surface area contributed by atoms with Crippen LogP contribution in [0.1, 0.15) is 78.4 Å². The van der Waals surface area contributed by atoms with Crippen LogP contribution in [0, 0.1) is 11.3 Å². The van der Waals surface area contributed by atoms with Gasteiger partial charge < -0.3 is 14.6 Å². The van der Waals surface area contributed by atoms with Crippen molar-refractivity contribution >= 4 is 0 Å². The van der Waals surface area contributed by atoms with Crippen LogP contribution in [0.5, 0.6) is 11.5 Å². The number of para-hydroxylation sites is 1. The summed E-state index contributed by atoms with van der Waals surface area (Å²) < 4.78 is 12.0. The quantitative estimate of drug-likeness (QED) is 0.459. The molecule has 1 aliphatic rings. The van der Waals surface area contributed by atoms with Crippen LogP contribution in [0.15, 0.2) is 48.5 Å². The summed E-state index contributed by atoms with van der Waals surface area (Å²) in [5.41, 5.74) is 2.96. The molecule has 2 aromatic carbocycles. The highest BCUT2D eigenvalue weighted by Crippen LogP contribution is 2.47. The molecule has 0 amide bonds. The van der Waals surface area contributed by atoms with E-state index in [9.17, 15) is 5.11 Å². The van der Waals surface area contributed by atoms with Crippen molar-refractivity contribution in [1.29, 1.82) is 0 Å². The minimum absolute atomic E-state index is 0.208. The number of benzene rings is 2. The molecule has 0 aliphatic heterocycles. The standard InChI is InChI=1S/C27H38O3/c1-7-21(25(3,4)5)19-20-11-9-10-12-24(20)30-27(28,8-2)29-23-15-13-22(14-16-23)26(6)17-18-26/h9-16,21,28H,7-8,17-19H2,1-6H3. The molecular weight excluding hydrogens is 372 g/mol. The van der Waals surface area contributed by atoms with E-state index < -0.39 is 5.97 Å². The van der Waals surface area contributed by atoms with Gasteiger partial charge in [0.15, 0.2) is 0 Å². The SMILES string of the molecule is CCC(Cc1ccccc1OC(O)(CC)Oc1ccc(C2(C)CC2)cc1)C(C)(C)C. The molecule has 1 aliphatic carbocycles. The van der Waals surface area contributed by atoms with Gasteiger partial charge in [-0.25, -0.2) is 0 Å². The van der Waals surface area contributed by atoms with Crippen LogP contribution in [0.2, 0.25) is 0 Å². The zero-order chi connectivity index (χ0) is 22.0. The van der Waals surface area contributed by atoms with Crippen molar-refractivity contribution in [2.45, 2.75) is 85.0 Å². The van der Waals surface area contributed by atoms with Gasteiger partial charge in [0.05, 0.1) is 6.42 Å². The van der Waals surface area contributed by atoms with Crippen LogP contribution >= 0.6 is 0 Å². The molecule has 1 fully saturated rings.